The molecule has 146 valence electrons. The van der Waals surface area contributed by atoms with Gasteiger partial charge in [-0.3, -0.25) is 9.59 Å². The molecule has 0 saturated heterocycles. The van der Waals surface area contributed by atoms with Gasteiger partial charge in [0, 0.05) is 6.54 Å². The van der Waals surface area contributed by atoms with Gasteiger partial charge in [-0.05, 0) is 36.2 Å². The Morgan fingerprint density at radius 1 is 1.07 bits per heavy atom. The molecule has 0 spiro atoms. The van der Waals surface area contributed by atoms with Crippen LogP contribution in [0.1, 0.15) is 18.1 Å². The minimum atomic E-state index is -0.856. The van der Waals surface area contributed by atoms with Gasteiger partial charge in [-0.2, -0.15) is 5.10 Å². The van der Waals surface area contributed by atoms with Crippen molar-refractivity contribution in [1.29, 1.82) is 0 Å². The summed E-state index contributed by atoms with van der Waals surface area (Å²) >= 11 is 0. The van der Waals surface area contributed by atoms with Crippen molar-refractivity contribution in [2.75, 3.05) is 13.2 Å². The third-order valence-electron chi connectivity index (χ3n) is 3.50. The first-order valence-electron chi connectivity index (χ1n) is 8.79. The molecule has 7 heteroatoms. The molecule has 0 fully saturated rings. The zero-order chi connectivity index (χ0) is 20.2. The summed E-state index contributed by atoms with van der Waals surface area (Å²) in [7, 11) is 0. The van der Waals surface area contributed by atoms with Crippen molar-refractivity contribution in [2.24, 2.45) is 5.10 Å². The van der Waals surface area contributed by atoms with E-state index in [1.165, 1.54) is 12.3 Å². The molecule has 0 aliphatic heterocycles. The quantitative estimate of drug-likeness (QED) is 0.302. The maximum absolute atomic E-state index is 11.6. The molecule has 2 N–H and O–H groups in total. The van der Waals surface area contributed by atoms with E-state index < -0.39 is 11.8 Å². The van der Waals surface area contributed by atoms with Crippen LogP contribution in [0.4, 0.5) is 0 Å². The molecule has 0 saturated carbocycles. The van der Waals surface area contributed by atoms with Crippen LogP contribution in [-0.4, -0.2) is 31.2 Å². The smallest absolute Gasteiger partial charge is 0.329 e. The van der Waals surface area contributed by atoms with Crippen molar-refractivity contribution in [3.05, 3.63) is 72.3 Å². The lowest BCUT2D eigenvalue weighted by atomic mass is 10.2. The Morgan fingerprint density at radius 3 is 2.57 bits per heavy atom. The van der Waals surface area contributed by atoms with Crippen molar-refractivity contribution < 1.29 is 19.1 Å². The zero-order valence-corrected chi connectivity index (χ0v) is 15.7. The van der Waals surface area contributed by atoms with E-state index in [0.29, 0.717) is 30.3 Å². The van der Waals surface area contributed by atoms with Crippen molar-refractivity contribution in [2.45, 2.75) is 13.5 Å². The van der Waals surface area contributed by atoms with Crippen LogP contribution in [0, 0.1) is 0 Å². The molecule has 2 aromatic rings. The normalized spacial score (nSPS) is 10.3. The lowest BCUT2D eigenvalue weighted by molar-refractivity contribution is -0.139. The molecular formula is C21H23N3O4. The summed E-state index contributed by atoms with van der Waals surface area (Å²) in [5.41, 5.74) is 3.90. The second-order valence-corrected chi connectivity index (χ2v) is 5.61. The predicted molar refractivity (Wildman–Crippen MR) is 107 cm³/mol. The van der Waals surface area contributed by atoms with Gasteiger partial charge in [0.1, 0.15) is 6.61 Å². The molecule has 2 amide bonds. The van der Waals surface area contributed by atoms with E-state index in [1.807, 2.05) is 37.3 Å². The molecule has 0 heterocycles. The number of benzene rings is 2. The van der Waals surface area contributed by atoms with Crippen LogP contribution in [0.25, 0.3) is 0 Å². The van der Waals surface area contributed by atoms with Crippen molar-refractivity contribution >= 4 is 18.0 Å². The molecule has 2 rings (SSSR count). The van der Waals surface area contributed by atoms with E-state index in [2.05, 4.69) is 22.4 Å². The molecule has 0 aliphatic carbocycles. The third-order valence-corrected chi connectivity index (χ3v) is 3.50. The van der Waals surface area contributed by atoms with Gasteiger partial charge in [0.2, 0.25) is 0 Å². The summed E-state index contributed by atoms with van der Waals surface area (Å²) in [6.07, 6.45) is 2.90. The van der Waals surface area contributed by atoms with Crippen LogP contribution in [0.3, 0.4) is 0 Å². The number of amides is 2. The fraction of sp³-hybridized carbons (Fsp3) is 0.190. The Balaban J connectivity index is 1.99. The van der Waals surface area contributed by atoms with Gasteiger partial charge in [0.25, 0.3) is 0 Å². The molecular weight excluding hydrogens is 358 g/mol. The molecule has 0 bridgehead atoms. The summed E-state index contributed by atoms with van der Waals surface area (Å²) in [4.78, 5) is 23.0. The van der Waals surface area contributed by atoms with E-state index in [1.54, 1.807) is 18.2 Å². The maximum Gasteiger partial charge on any atom is 0.329 e. The van der Waals surface area contributed by atoms with E-state index in [4.69, 9.17) is 9.47 Å². The Hall–Kier alpha value is -3.61. The maximum atomic E-state index is 11.6. The van der Waals surface area contributed by atoms with Crippen LogP contribution < -0.4 is 20.2 Å². The fourth-order valence-corrected chi connectivity index (χ4v) is 2.19. The first-order valence-corrected chi connectivity index (χ1v) is 8.79. The number of carbonyl (C=O) groups excluding carboxylic acids is 2. The van der Waals surface area contributed by atoms with E-state index >= 15 is 0 Å². The van der Waals surface area contributed by atoms with Gasteiger partial charge in [0.05, 0.1) is 12.8 Å². The number of ether oxygens (including phenoxy) is 2. The average Bonchev–Trinajstić information content (AvgIpc) is 2.72. The minimum absolute atomic E-state index is 0.206. The SMILES string of the molecule is C=CCNC(=O)C(=O)N/N=C/c1ccc(OCc2ccccc2)c(OCC)c1. The Bertz CT molecular complexity index is 835. The first kappa shape index (κ1) is 20.7. The highest BCUT2D eigenvalue weighted by atomic mass is 16.5. The standard InChI is InChI=1S/C21H23N3O4/c1-3-12-22-20(25)21(26)24-23-14-17-10-11-18(19(13-17)27-4-2)28-15-16-8-6-5-7-9-16/h3,5-11,13-14H,1,4,12,15H2,2H3,(H,22,25)(H,24,26)/b23-14+. The highest BCUT2D eigenvalue weighted by Crippen LogP contribution is 2.28. The Morgan fingerprint density at radius 2 is 1.86 bits per heavy atom. The largest absolute Gasteiger partial charge is 0.490 e. The lowest BCUT2D eigenvalue weighted by Gasteiger charge is -2.12. The van der Waals surface area contributed by atoms with Gasteiger partial charge < -0.3 is 14.8 Å². The number of rotatable bonds is 9. The van der Waals surface area contributed by atoms with Gasteiger partial charge >= 0.3 is 11.8 Å². The number of hydrogen-bond donors (Lipinski definition) is 2. The number of hydrogen-bond acceptors (Lipinski definition) is 5. The lowest BCUT2D eigenvalue weighted by Crippen LogP contribution is -2.37. The first-order chi connectivity index (χ1) is 13.6. The molecule has 0 unspecified atom stereocenters. The topological polar surface area (TPSA) is 89.0 Å². The highest BCUT2D eigenvalue weighted by Gasteiger charge is 2.11. The minimum Gasteiger partial charge on any atom is -0.490 e. The van der Waals surface area contributed by atoms with Crippen LogP contribution >= 0.6 is 0 Å². The number of nitrogens with zero attached hydrogens (tertiary/aromatic N) is 1. The van der Waals surface area contributed by atoms with Gasteiger partial charge in [0.15, 0.2) is 11.5 Å². The van der Waals surface area contributed by atoms with E-state index in [0.717, 1.165) is 5.56 Å². The fourth-order valence-electron chi connectivity index (χ4n) is 2.19. The van der Waals surface area contributed by atoms with Crippen LogP contribution in [-0.2, 0) is 16.2 Å². The summed E-state index contributed by atoms with van der Waals surface area (Å²) in [6.45, 7) is 6.44. The summed E-state index contributed by atoms with van der Waals surface area (Å²) in [6, 6.07) is 15.1. The van der Waals surface area contributed by atoms with Crippen molar-refractivity contribution in [3.63, 3.8) is 0 Å². The monoisotopic (exact) mass is 381 g/mol. The van der Waals surface area contributed by atoms with E-state index in [9.17, 15) is 9.59 Å². The van der Waals surface area contributed by atoms with Crippen LogP contribution in [0.5, 0.6) is 11.5 Å². The van der Waals surface area contributed by atoms with Crippen molar-refractivity contribution in [3.8, 4) is 11.5 Å². The average molecular weight is 381 g/mol. The predicted octanol–water partition coefficient (Wildman–Crippen LogP) is 2.42. The van der Waals surface area contributed by atoms with Gasteiger partial charge in [-0.25, -0.2) is 5.43 Å². The summed E-state index contributed by atoms with van der Waals surface area (Å²) < 4.78 is 11.5. The molecule has 2 aromatic carbocycles. The number of nitrogens with one attached hydrogen (secondary N) is 2. The molecule has 0 radical (unpaired) electrons. The summed E-state index contributed by atoms with van der Waals surface area (Å²) in [5.74, 6) is -0.462. The molecule has 0 atom stereocenters. The molecule has 0 aromatic heterocycles. The van der Waals surface area contributed by atoms with Crippen molar-refractivity contribution in [1.82, 2.24) is 10.7 Å². The van der Waals surface area contributed by atoms with E-state index in [-0.39, 0.29) is 6.54 Å². The highest BCUT2D eigenvalue weighted by molar-refractivity contribution is 6.35. The zero-order valence-electron chi connectivity index (χ0n) is 15.7. The second kappa shape index (κ2) is 11.2. The number of carbonyl (C=O) groups is 2. The van der Waals surface area contributed by atoms with Crippen LogP contribution in [0.15, 0.2) is 66.3 Å². The molecule has 0 aliphatic rings. The summed E-state index contributed by atoms with van der Waals surface area (Å²) in [5, 5.41) is 6.15. The molecule has 7 nitrogen and oxygen atoms in total. The Kier molecular flexibility index (Phi) is 8.26. The number of hydrazone groups is 1. The van der Waals surface area contributed by atoms with Crippen LogP contribution in [0.2, 0.25) is 0 Å². The Labute approximate surface area is 164 Å². The van der Waals surface area contributed by atoms with Gasteiger partial charge in [-0.15, -0.1) is 6.58 Å². The van der Waals surface area contributed by atoms with Gasteiger partial charge in [-0.1, -0.05) is 36.4 Å². The molecule has 28 heavy (non-hydrogen) atoms. The second-order valence-electron chi connectivity index (χ2n) is 5.61. The third kappa shape index (κ3) is 6.60.